The number of nitrogens with one attached hydrogen (secondary N) is 2. The monoisotopic (exact) mass is 593 g/mol. The van der Waals surface area contributed by atoms with Crippen LogP contribution in [0.5, 0.6) is 5.75 Å². The normalized spacial score (nSPS) is 20.7. The van der Waals surface area contributed by atoms with E-state index in [2.05, 4.69) is 72.3 Å². The van der Waals surface area contributed by atoms with E-state index in [1.165, 1.54) is 10.9 Å². The summed E-state index contributed by atoms with van der Waals surface area (Å²) in [7, 11) is 3.69. The van der Waals surface area contributed by atoms with Crippen molar-refractivity contribution in [3.8, 4) is 5.75 Å². The number of hydrogen-bond donors (Lipinski definition) is 2. The van der Waals surface area contributed by atoms with Crippen LogP contribution in [0.15, 0.2) is 73.1 Å². The number of aryl methyl sites for hydroxylation is 1. The van der Waals surface area contributed by atoms with Crippen LogP contribution in [0.4, 0.5) is 5.69 Å². The third-order valence-electron chi connectivity index (χ3n) is 10.2. The van der Waals surface area contributed by atoms with Gasteiger partial charge in [0.15, 0.2) is 0 Å². The number of ether oxygens (including phenoxy) is 1. The molecule has 1 aliphatic heterocycles. The van der Waals surface area contributed by atoms with E-state index < -0.39 is 5.54 Å². The van der Waals surface area contributed by atoms with Gasteiger partial charge in [0.25, 0.3) is 0 Å². The van der Waals surface area contributed by atoms with E-state index in [0.717, 1.165) is 35.6 Å². The molecule has 4 aromatic rings. The standard InChI is InChI=1S/C36H43N5O3/c1-24-32(28-10-6-7-11-30(28)38-24)33-29(35(33,2)3)21-31(42)41(23-25-9-8-18-37-22-25)36(16-19-40(4)20-17-36)34(43)39-26-12-14-27(44-5)15-13-26/h6-15,18,22,29,33,38H,16-17,19-21,23H2,1-5H3,(H,39,43)/t29-,33+/m1/s1. The summed E-state index contributed by atoms with van der Waals surface area (Å²) in [5, 5.41) is 4.39. The van der Waals surface area contributed by atoms with Gasteiger partial charge in [-0.25, -0.2) is 0 Å². The van der Waals surface area contributed by atoms with Crippen LogP contribution >= 0.6 is 0 Å². The van der Waals surface area contributed by atoms with Crippen molar-refractivity contribution in [2.24, 2.45) is 11.3 Å². The smallest absolute Gasteiger partial charge is 0.250 e. The number of fused-ring (bicyclic) bond motifs is 1. The summed E-state index contributed by atoms with van der Waals surface area (Å²) in [5.41, 5.74) is 4.16. The van der Waals surface area contributed by atoms with Gasteiger partial charge < -0.3 is 24.8 Å². The van der Waals surface area contributed by atoms with Crippen LogP contribution in [0.2, 0.25) is 0 Å². The van der Waals surface area contributed by atoms with Crippen molar-refractivity contribution in [1.29, 1.82) is 0 Å². The second-order valence-corrected chi connectivity index (χ2v) is 13.2. The molecule has 1 saturated carbocycles. The lowest BCUT2D eigenvalue weighted by Gasteiger charge is -2.47. The number of carbonyl (C=O) groups excluding carboxylic acids is 2. The molecule has 2 aromatic heterocycles. The summed E-state index contributed by atoms with van der Waals surface area (Å²) < 4.78 is 5.31. The van der Waals surface area contributed by atoms with Gasteiger partial charge in [-0.3, -0.25) is 14.6 Å². The number of rotatable bonds is 9. The zero-order valence-corrected chi connectivity index (χ0v) is 26.4. The van der Waals surface area contributed by atoms with Crippen LogP contribution in [0, 0.1) is 18.3 Å². The maximum atomic E-state index is 14.7. The van der Waals surface area contributed by atoms with Gasteiger partial charge >= 0.3 is 0 Å². The highest BCUT2D eigenvalue weighted by Crippen LogP contribution is 2.67. The van der Waals surface area contributed by atoms with Crippen molar-refractivity contribution < 1.29 is 14.3 Å². The molecule has 2 amide bonds. The summed E-state index contributed by atoms with van der Waals surface area (Å²) in [6, 6.07) is 19.6. The van der Waals surface area contributed by atoms with E-state index in [0.29, 0.717) is 31.5 Å². The van der Waals surface area contributed by atoms with Gasteiger partial charge in [-0.2, -0.15) is 0 Å². The number of pyridine rings is 1. The number of methoxy groups -OCH3 is 1. The lowest BCUT2D eigenvalue weighted by molar-refractivity contribution is -0.150. The molecule has 0 radical (unpaired) electrons. The summed E-state index contributed by atoms with van der Waals surface area (Å²) in [6.07, 6.45) is 5.01. The number of aromatic amines is 1. The molecule has 44 heavy (non-hydrogen) atoms. The Bertz CT molecular complexity index is 1640. The molecule has 0 unspecified atom stereocenters. The van der Waals surface area contributed by atoms with Gasteiger partial charge in [-0.1, -0.05) is 38.1 Å². The lowest BCUT2D eigenvalue weighted by atomic mass is 9.83. The molecular formula is C36H43N5O3. The first kappa shape index (κ1) is 29.9. The molecule has 2 aromatic carbocycles. The number of anilines is 1. The average Bonchev–Trinajstić information content (AvgIpc) is 3.37. The van der Waals surface area contributed by atoms with E-state index in [4.69, 9.17) is 4.74 Å². The SMILES string of the molecule is COc1ccc(NC(=O)C2(N(Cc3cccnc3)C(=O)C[C@@H]3[C@@H](c4c(C)[nH]c5ccccc45)C3(C)C)CCN(C)CC2)cc1. The Morgan fingerprint density at radius 1 is 1.07 bits per heavy atom. The molecule has 0 bridgehead atoms. The molecule has 8 heteroatoms. The van der Waals surface area contributed by atoms with Gasteiger partial charge in [0.1, 0.15) is 11.3 Å². The fraction of sp³-hybridized carbons (Fsp3) is 0.417. The van der Waals surface area contributed by atoms with E-state index in [-0.39, 0.29) is 29.1 Å². The minimum Gasteiger partial charge on any atom is -0.497 e. The molecule has 6 rings (SSSR count). The van der Waals surface area contributed by atoms with Crippen molar-refractivity contribution in [3.63, 3.8) is 0 Å². The van der Waals surface area contributed by atoms with Crippen LogP contribution in [0.1, 0.15) is 55.8 Å². The predicted molar refractivity (Wildman–Crippen MR) is 174 cm³/mol. The number of benzene rings is 2. The van der Waals surface area contributed by atoms with Crippen LogP contribution < -0.4 is 10.1 Å². The zero-order chi connectivity index (χ0) is 31.1. The van der Waals surface area contributed by atoms with Crippen molar-refractivity contribution in [2.75, 3.05) is 32.6 Å². The number of piperidine rings is 1. The Hall–Kier alpha value is -4.17. The van der Waals surface area contributed by atoms with Crippen LogP contribution in [-0.2, 0) is 16.1 Å². The van der Waals surface area contributed by atoms with Gasteiger partial charge in [-0.15, -0.1) is 0 Å². The molecule has 2 N–H and O–H groups in total. The summed E-state index contributed by atoms with van der Waals surface area (Å²) >= 11 is 0. The molecule has 3 heterocycles. The second-order valence-electron chi connectivity index (χ2n) is 13.2. The first-order chi connectivity index (χ1) is 21.1. The average molecular weight is 594 g/mol. The first-order valence-corrected chi connectivity index (χ1v) is 15.5. The van der Waals surface area contributed by atoms with Gasteiger partial charge in [0.05, 0.1) is 7.11 Å². The number of aromatic nitrogens is 2. The highest BCUT2D eigenvalue weighted by atomic mass is 16.5. The molecule has 1 aliphatic carbocycles. The Kier molecular flexibility index (Phi) is 7.97. The van der Waals surface area contributed by atoms with Crippen molar-refractivity contribution in [3.05, 3.63) is 89.9 Å². The van der Waals surface area contributed by atoms with Gasteiger partial charge in [-0.05, 0) is 91.6 Å². The number of H-pyrrole nitrogens is 1. The van der Waals surface area contributed by atoms with Crippen LogP contribution in [0.3, 0.4) is 0 Å². The molecule has 8 nitrogen and oxygen atoms in total. The fourth-order valence-corrected chi connectivity index (χ4v) is 7.38. The number of carbonyl (C=O) groups is 2. The Morgan fingerprint density at radius 2 is 1.80 bits per heavy atom. The minimum atomic E-state index is -0.995. The number of hydrogen-bond acceptors (Lipinski definition) is 5. The molecule has 2 atom stereocenters. The topological polar surface area (TPSA) is 90.6 Å². The summed E-state index contributed by atoms with van der Waals surface area (Å²) in [4.78, 5) is 41.0. The Labute approximate surface area is 259 Å². The predicted octanol–water partition coefficient (Wildman–Crippen LogP) is 6.14. The summed E-state index contributed by atoms with van der Waals surface area (Å²) in [6.45, 7) is 8.44. The van der Waals surface area contributed by atoms with Crippen molar-refractivity contribution in [1.82, 2.24) is 19.8 Å². The van der Waals surface area contributed by atoms with Crippen LogP contribution in [-0.4, -0.2) is 64.4 Å². The van der Waals surface area contributed by atoms with E-state index in [1.54, 1.807) is 19.5 Å². The second kappa shape index (κ2) is 11.7. The van der Waals surface area contributed by atoms with E-state index in [1.807, 2.05) is 41.3 Å². The quantitative estimate of drug-likeness (QED) is 0.243. The Morgan fingerprint density at radius 3 is 2.48 bits per heavy atom. The summed E-state index contributed by atoms with van der Waals surface area (Å²) in [5.74, 6) is 1.01. The molecule has 0 spiro atoms. The van der Waals surface area contributed by atoms with E-state index >= 15 is 0 Å². The maximum absolute atomic E-state index is 14.7. The van der Waals surface area contributed by atoms with Crippen molar-refractivity contribution in [2.45, 2.75) is 58.0 Å². The zero-order valence-electron chi connectivity index (χ0n) is 26.4. The highest BCUT2D eigenvalue weighted by molar-refractivity contribution is 6.01. The molecule has 230 valence electrons. The third-order valence-corrected chi connectivity index (χ3v) is 10.2. The molecular weight excluding hydrogens is 550 g/mol. The number of likely N-dealkylation sites (tertiary alicyclic amines) is 1. The van der Waals surface area contributed by atoms with Crippen molar-refractivity contribution >= 4 is 28.4 Å². The lowest BCUT2D eigenvalue weighted by Crippen LogP contribution is -2.62. The third kappa shape index (κ3) is 5.47. The molecule has 1 saturated heterocycles. The largest absolute Gasteiger partial charge is 0.497 e. The minimum absolute atomic E-state index is 0.0151. The molecule has 2 aliphatic rings. The van der Waals surface area contributed by atoms with Gasteiger partial charge in [0.2, 0.25) is 11.8 Å². The molecule has 2 fully saturated rings. The number of nitrogens with zero attached hydrogens (tertiary/aromatic N) is 3. The Balaban J connectivity index is 1.33. The van der Waals surface area contributed by atoms with Crippen LogP contribution in [0.25, 0.3) is 10.9 Å². The first-order valence-electron chi connectivity index (χ1n) is 15.5. The highest BCUT2D eigenvalue weighted by Gasteiger charge is 2.60. The maximum Gasteiger partial charge on any atom is 0.250 e. The fourth-order valence-electron chi connectivity index (χ4n) is 7.38. The van der Waals surface area contributed by atoms with Gasteiger partial charge in [0, 0.05) is 60.7 Å². The van der Waals surface area contributed by atoms with E-state index in [9.17, 15) is 9.59 Å². The number of amides is 2. The number of para-hydroxylation sites is 1.